The highest BCUT2D eigenvalue weighted by molar-refractivity contribution is 9.11. The van der Waals surface area contributed by atoms with E-state index in [0.29, 0.717) is 11.4 Å². The first-order chi connectivity index (χ1) is 9.19. The Hall–Kier alpha value is -1.13. The van der Waals surface area contributed by atoms with E-state index in [1.54, 1.807) is 23.5 Å². The number of carbonyl (C=O) groups excluding carboxylic acids is 1. The second-order valence-electron chi connectivity index (χ2n) is 3.51. The first kappa shape index (κ1) is 14.3. The monoisotopic (exact) mass is 355 g/mol. The van der Waals surface area contributed by atoms with Crippen LogP contribution in [0.2, 0.25) is 0 Å². The van der Waals surface area contributed by atoms with Crippen LogP contribution < -0.4 is 5.32 Å². The van der Waals surface area contributed by atoms with Gasteiger partial charge in [-0.25, -0.2) is 0 Å². The number of carbonyl (C=O) groups is 1. The molecule has 2 aromatic heterocycles. The van der Waals surface area contributed by atoms with Crippen LogP contribution in [0.25, 0.3) is 0 Å². The quantitative estimate of drug-likeness (QED) is 0.831. The second-order valence-corrected chi connectivity index (χ2v) is 7.14. The largest absolute Gasteiger partial charge is 0.384 e. The van der Waals surface area contributed by atoms with Gasteiger partial charge in [-0.15, -0.1) is 22.7 Å². The lowest BCUT2D eigenvalue weighted by molar-refractivity contribution is 0.0955. The van der Waals surface area contributed by atoms with Crippen molar-refractivity contribution in [2.24, 2.45) is 0 Å². The highest BCUT2D eigenvalue weighted by Gasteiger charge is 2.08. The van der Waals surface area contributed by atoms with Crippen LogP contribution in [-0.4, -0.2) is 17.6 Å². The number of hydrogen-bond acceptors (Lipinski definition) is 4. The van der Waals surface area contributed by atoms with Crippen molar-refractivity contribution in [3.05, 3.63) is 42.7 Å². The van der Waals surface area contributed by atoms with Gasteiger partial charge in [0.2, 0.25) is 0 Å². The van der Waals surface area contributed by atoms with Gasteiger partial charge in [-0.2, -0.15) is 0 Å². The lowest BCUT2D eigenvalue weighted by atomic mass is 10.4. The smallest absolute Gasteiger partial charge is 0.261 e. The minimum atomic E-state index is -0.174. The van der Waals surface area contributed by atoms with Gasteiger partial charge in [0.1, 0.15) is 6.61 Å². The number of amides is 1. The lowest BCUT2D eigenvalue weighted by Crippen LogP contribution is -2.21. The second kappa shape index (κ2) is 6.87. The Balaban J connectivity index is 1.94. The molecule has 2 rings (SSSR count). The van der Waals surface area contributed by atoms with Crippen molar-refractivity contribution in [1.82, 2.24) is 5.32 Å². The van der Waals surface area contributed by atoms with Crippen LogP contribution in [0, 0.1) is 11.8 Å². The van der Waals surface area contributed by atoms with Crippen molar-refractivity contribution in [3.8, 4) is 11.8 Å². The third-order valence-corrected chi connectivity index (χ3v) is 4.80. The third kappa shape index (κ3) is 4.18. The van der Waals surface area contributed by atoms with Gasteiger partial charge in [-0.3, -0.25) is 4.79 Å². The zero-order valence-electron chi connectivity index (χ0n) is 9.77. The summed E-state index contributed by atoms with van der Waals surface area (Å²) in [5, 5.41) is 11.5. The Morgan fingerprint density at radius 1 is 1.32 bits per heavy atom. The summed E-state index contributed by atoms with van der Waals surface area (Å²) >= 11 is 6.30. The first-order valence-corrected chi connectivity index (χ1v) is 7.83. The van der Waals surface area contributed by atoms with Crippen LogP contribution in [0.3, 0.4) is 0 Å². The van der Waals surface area contributed by atoms with Gasteiger partial charge >= 0.3 is 0 Å². The topological polar surface area (TPSA) is 49.3 Å². The Morgan fingerprint density at radius 3 is 2.84 bits per heavy atom. The highest BCUT2D eigenvalue weighted by Crippen LogP contribution is 2.22. The first-order valence-electron chi connectivity index (χ1n) is 5.41. The number of halogens is 1. The van der Waals surface area contributed by atoms with Crippen molar-refractivity contribution in [1.29, 1.82) is 0 Å². The van der Waals surface area contributed by atoms with E-state index in [0.717, 1.165) is 13.5 Å². The van der Waals surface area contributed by atoms with Crippen molar-refractivity contribution < 1.29 is 9.90 Å². The lowest BCUT2D eigenvalue weighted by Gasteiger charge is -2.00. The van der Waals surface area contributed by atoms with Gasteiger partial charge in [0.25, 0.3) is 5.91 Å². The SMILES string of the molecule is O=C(NCc1ccc(Br)s1)c1ccc(C#CCO)s1. The molecule has 98 valence electrons. The molecule has 0 aliphatic rings. The normalized spacial score (nSPS) is 9.79. The molecule has 0 aromatic carbocycles. The Morgan fingerprint density at radius 2 is 2.16 bits per heavy atom. The molecule has 0 radical (unpaired) electrons. The Bertz CT molecular complexity index is 636. The number of hydrogen-bond donors (Lipinski definition) is 2. The third-order valence-electron chi connectivity index (χ3n) is 2.17. The number of thiophene rings is 2. The average molecular weight is 356 g/mol. The summed E-state index contributed by atoms with van der Waals surface area (Å²) in [4.78, 5) is 14.4. The number of aliphatic hydroxyl groups is 1. The fraction of sp³-hybridized carbons (Fsp3) is 0.154. The van der Waals surface area contributed by atoms with Crippen molar-refractivity contribution in [2.75, 3.05) is 6.61 Å². The van der Waals surface area contributed by atoms with Crippen LogP contribution in [0.4, 0.5) is 0 Å². The molecule has 0 aliphatic carbocycles. The van der Waals surface area contributed by atoms with Crippen molar-refractivity contribution in [2.45, 2.75) is 6.54 Å². The molecule has 0 unspecified atom stereocenters. The molecule has 0 fully saturated rings. The molecule has 0 saturated carbocycles. The van der Waals surface area contributed by atoms with E-state index < -0.39 is 0 Å². The molecule has 2 N–H and O–H groups in total. The number of nitrogens with one attached hydrogen (secondary N) is 1. The summed E-state index contributed by atoms with van der Waals surface area (Å²) in [6.45, 7) is 0.345. The summed E-state index contributed by atoms with van der Waals surface area (Å²) in [7, 11) is 0. The molecule has 0 aliphatic heterocycles. The van der Waals surface area contributed by atoms with Gasteiger partial charge in [0.15, 0.2) is 0 Å². The van der Waals surface area contributed by atoms with E-state index in [2.05, 4.69) is 33.1 Å². The molecule has 19 heavy (non-hydrogen) atoms. The molecule has 0 spiro atoms. The molecular weight excluding hydrogens is 346 g/mol. The van der Waals surface area contributed by atoms with E-state index in [-0.39, 0.29) is 12.5 Å². The molecule has 2 heterocycles. The summed E-state index contributed by atoms with van der Waals surface area (Å²) in [6, 6.07) is 7.46. The highest BCUT2D eigenvalue weighted by atomic mass is 79.9. The summed E-state index contributed by atoms with van der Waals surface area (Å²) in [5.74, 6) is 5.23. The zero-order valence-corrected chi connectivity index (χ0v) is 13.0. The molecule has 1 amide bonds. The van der Waals surface area contributed by atoms with Crippen LogP contribution in [0.1, 0.15) is 19.4 Å². The van der Waals surface area contributed by atoms with Crippen molar-refractivity contribution >= 4 is 44.5 Å². The zero-order chi connectivity index (χ0) is 13.7. The van der Waals surface area contributed by atoms with E-state index in [1.807, 2.05) is 12.1 Å². The summed E-state index contributed by atoms with van der Waals surface area (Å²) in [5.41, 5.74) is 0. The standard InChI is InChI=1S/C13H10BrNO2S2/c14-12-6-4-10(19-12)8-15-13(17)11-5-3-9(18-11)2-1-7-16/h3-6,16H,7-8H2,(H,15,17). The van der Waals surface area contributed by atoms with E-state index in [4.69, 9.17) is 5.11 Å². The predicted octanol–water partition coefficient (Wildman–Crippen LogP) is 2.85. The van der Waals surface area contributed by atoms with E-state index in [1.165, 1.54) is 11.3 Å². The minimum absolute atomic E-state index is 0.105. The van der Waals surface area contributed by atoms with Crippen molar-refractivity contribution in [3.63, 3.8) is 0 Å². The number of rotatable bonds is 3. The van der Waals surface area contributed by atoms with Crippen LogP contribution in [0.15, 0.2) is 28.1 Å². The van der Waals surface area contributed by atoms with Gasteiger partial charge in [0.05, 0.1) is 20.1 Å². The minimum Gasteiger partial charge on any atom is -0.384 e. The maximum atomic E-state index is 11.9. The molecule has 0 atom stereocenters. The maximum Gasteiger partial charge on any atom is 0.261 e. The molecule has 3 nitrogen and oxygen atoms in total. The average Bonchev–Trinajstić information content (AvgIpc) is 3.02. The Kier molecular flexibility index (Phi) is 5.16. The maximum absolute atomic E-state index is 11.9. The number of aliphatic hydroxyl groups excluding tert-OH is 1. The molecule has 0 bridgehead atoms. The molecule has 0 saturated heterocycles. The van der Waals surface area contributed by atoms with Crippen LogP contribution in [0.5, 0.6) is 0 Å². The van der Waals surface area contributed by atoms with Gasteiger partial charge in [0, 0.05) is 4.88 Å². The Labute approximate surface area is 127 Å². The van der Waals surface area contributed by atoms with E-state index in [9.17, 15) is 4.79 Å². The fourth-order valence-corrected chi connectivity index (χ4v) is 3.58. The summed E-state index contributed by atoms with van der Waals surface area (Å²) < 4.78 is 1.05. The summed E-state index contributed by atoms with van der Waals surface area (Å²) in [6.07, 6.45) is 0. The predicted molar refractivity (Wildman–Crippen MR) is 81.5 cm³/mol. The van der Waals surface area contributed by atoms with E-state index >= 15 is 0 Å². The molecule has 6 heteroatoms. The van der Waals surface area contributed by atoms with Gasteiger partial charge < -0.3 is 10.4 Å². The van der Waals surface area contributed by atoms with Crippen LogP contribution in [-0.2, 0) is 6.54 Å². The molecule has 2 aromatic rings. The molecular formula is C13H10BrNO2S2. The van der Waals surface area contributed by atoms with Gasteiger partial charge in [-0.05, 0) is 40.2 Å². The van der Waals surface area contributed by atoms with Gasteiger partial charge in [-0.1, -0.05) is 11.8 Å². The fourth-order valence-electron chi connectivity index (χ4n) is 1.36. The van der Waals surface area contributed by atoms with Crippen LogP contribution >= 0.6 is 38.6 Å².